The van der Waals surface area contributed by atoms with E-state index in [0.717, 1.165) is 16.8 Å². The largest absolute Gasteiger partial charge is 0.436 e. The number of aromatic nitrogens is 1. The number of nitrogens with zero attached hydrogens (tertiary/aromatic N) is 1. The molecule has 1 aromatic carbocycles. The Labute approximate surface area is 111 Å². The molecular weight excluding hydrogens is 242 g/mol. The minimum absolute atomic E-state index is 0.235. The Morgan fingerprint density at radius 2 is 1.95 bits per heavy atom. The summed E-state index contributed by atoms with van der Waals surface area (Å²) >= 11 is 0. The number of hydrogen-bond acceptors (Lipinski definition) is 4. The molecule has 0 aliphatic carbocycles. The Morgan fingerprint density at radius 1 is 1.26 bits per heavy atom. The van der Waals surface area contributed by atoms with Crippen molar-refractivity contribution < 1.29 is 9.21 Å². The fourth-order valence-electron chi connectivity index (χ4n) is 1.97. The molecule has 1 aromatic heterocycles. The van der Waals surface area contributed by atoms with E-state index in [4.69, 9.17) is 10.2 Å². The van der Waals surface area contributed by atoms with Crippen molar-refractivity contribution in [3.8, 4) is 0 Å². The van der Waals surface area contributed by atoms with Gasteiger partial charge in [-0.25, -0.2) is 4.98 Å². The molecule has 0 spiro atoms. The molecule has 5 heteroatoms. The van der Waals surface area contributed by atoms with Crippen LogP contribution >= 0.6 is 0 Å². The summed E-state index contributed by atoms with van der Waals surface area (Å²) in [6, 6.07) is 3.70. The van der Waals surface area contributed by atoms with E-state index in [1.165, 1.54) is 0 Å². The minimum atomic E-state index is -0.310. The molecule has 0 aliphatic heterocycles. The topological polar surface area (TPSA) is 81.2 Å². The van der Waals surface area contributed by atoms with E-state index in [1.807, 2.05) is 26.0 Å². The Balaban J connectivity index is 2.34. The molecule has 2 rings (SSSR count). The standard InChI is InChI=1S/C14H17N3O2/c1-7-5-6-11(15)8(2)12(7)17-14(18)13-9(3)16-10(4)19-13/h5-6H,15H2,1-4H3,(H,17,18). The first-order valence-corrected chi connectivity index (χ1v) is 6.01. The molecule has 1 amide bonds. The lowest BCUT2D eigenvalue weighted by Crippen LogP contribution is -2.14. The Bertz CT molecular complexity index is 644. The number of hydrogen-bond donors (Lipinski definition) is 2. The van der Waals surface area contributed by atoms with E-state index in [-0.39, 0.29) is 11.7 Å². The second kappa shape index (κ2) is 4.76. The van der Waals surface area contributed by atoms with Gasteiger partial charge in [0.05, 0.1) is 5.69 Å². The number of aryl methyl sites for hydroxylation is 3. The zero-order chi connectivity index (χ0) is 14.2. The van der Waals surface area contributed by atoms with E-state index in [9.17, 15) is 4.79 Å². The molecule has 3 N–H and O–H groups in total. The normalized spacial score (nSPS) is 10.5. The van der Waals surface area contributed by atoms with Crippen LogP contribution in [0.1, 0.15) is 33.3 Å². The summed E-state index contributed by atoms with van der Waals surface area (Å²) in [7, 11) is 0. The molecule has 1 heterocycles. The van der Waals surface area contributed by atoms with Gasteiger partial charge in [0, 0.05) is 18.3 Å². The van der Waals surface area contributed by atoms with Gasteiger partial charge in [0.15, 0.2) is 5.89 Å². The molecule has 19 heavy (non-hydrogen) atoms. The van der Waals surface area contributed by atoms with Crippen molar-refractivity contribution in [1.29, 1.82) is 0 Å². The fraction of sp³-hybridized carbons (Fsp3) is 0.286. The summed E-state index contributed by atoms with van der Waals surface area (Å²) in [4.78, 5) is 16.3. The van der Waals surface area contributed by atoms with Gasteiger partial charge in [-0.05, 0) is 38.0 Å². The lowest BCUT2D eigenvalue weighted by molar-refractivity contribution is 0.0994. The third kappa shape index (κ3) is 2.45. The first kappa shape index (κ1) is 13.1. The van der Waals surface area contributed by atoms with Gasteiger partial charge in [0.25, 0.3) is 5.91 Å². The van der Waals surface area contributed by atoms with Gasteiger partial charge in [0.2, 0.25) is 5.76 Å². The summed E-state index contributed by atoms with van der Waals surface area (Å²) in [5.74, 6) is 0.400. The maximum absolute atomic E-state index is 12.2. The van der Waals surface area contributed by atoms with Crippen LogP contribution in [-0.2, 0) is 0 Å². The molecule has 0 fully saturated rings. The number of carbonyl (C=O) groups is 1. The quantitative estimate of drug-likeness (QED) is 0.812. The minimum Gasteiger partial charge on any atom is -0.436 e. The van der Waals surface area contributed by atoms with Crippen LogP contribution in [0.25, 0.3) is 0 Å². The number of amides is 1. The number of nitrogens with two attached hydrogens (primary N) is 1. The lowest BCUT2D eigenvalue weighted by atomic mass is 10.1. The van der Waals surface area contributed by atoms with Crippen molar-refractivity contribution in [3.05, 3.63) is 40.6 Å². The fourth-order valence-corrected chi connectivity index (χ4v) is 1.97. The Hall–Kier alpha value is -2.30. The molecule has 0 atom stereocenters. The highest BCUT2D eigenvalue weighted by Gasteiger charge is 2.18. The van der Waals surface area contributed by atoms with Crippen molar-refractivity contribution in [2.24, 2.45) is 0 Å². The predicted molar refractivity (Wildman–Crippen MR) is 74.3 cm³/mol. The van der Waals surface area contributed by atoms with Crippen LogP contribution in [0, 0.1) is 27.7 Å². The third-order valence-corrected chi connectivity index (χ3v) is 3.06. The molecule has 100 valence electrons. The van der Waals surface area contributed by atoms with E-state index >= 15 is 0 Å². The van der Waals surface area contributed by atoms with E-state index in [1.54, 1.807) is 13.8 Å². The van der Waals surface area contributed by atoms with Gasteiger partial charge in [-0.3, -0.25) is 4.79 Å². The van der Waals surface area contributed by atoms with Gasteiger partial charge in [0.1, 0.15) is 0 Å². The second-order valence-corrected chi connectivity index (χ2v) is 4.57. The predicted octanol–water partition coefficient (Wildman–Crippen LogP) is 2.74. The van der Waals surface area contributed by atoms with Gasteiger partial charge in [-0.15, -0.1) is 0 Å². The molecule has 0 saturated heterocycles. The second-order valence-electron chi connectivity index (χ2n) is 4.57. The third-order valence-electron chi connectivity index (χ3n) is 3.06. The zero-order valence-electron chi connectivity index (χ0n) is 11.5. The Morgan fingerprint density at radius 3 is 2.53 bits per heavy atom. The highest BCUT2D eigenvalue weighted by Crippen LogP contribution is 2.26. The number of carbonyl (C=O) groups excluding carboxylic acids is 1. The summed E-state index contributed by atoms with van der Waals surface area (Å²) in [6.45, 7) is 7.24. The summed E-state index contributed by atoms with van der Waals surface area (Å²) in [5, 5.41) is 2.84. The van der Waals surface area contributed by atoms with Crippen LogP contribution < -0.4 is 11.1 Å². The van der Waals surface area contributed by atoms with Crippen molar-refractivity contribution in [2.75, 3.05) is 11.1 Å². The molecule has 0 unspecified atom stereocenters. The smallest absolute Gasteiger partial charge is 0.293 e. The van der Waals surface area contributed by atoms with Crippen molar-refractivity contribution >= 4 is 17.3 Å². The number of oxazole rings is 1. The SMILES string of the molecule is Cc1nc(C)c(C(=O)Nc2c(C)ccc(N)c2C)o1. The first-order chi connectivity index (χ1) is 8.90. The van der Waals surface area contributed by atoms with Crippen molar-refractivity contribution in [2.45, 2.75) is 27.7 Å². The number of nitrogens with one attached hydrogen (secondary N) is 1. The summed E-state index contributed by atoms with van der Waals surface area (Å²) < 4.78 is 5.30. The number of nitrogen functional groups attached to an aromatic ring is 1. The number of anilines is 2. The summed E-state index contributed by atoms with van der Waals surface area (Å²) in [5.41, 5.74) is 9.60. The van der Waals surface area contributed by atoms with Crippen LogP contribution in [0.4, 0.5) is 11.4 Å². The van der Waals surface area contributed by atoms with Crippen LogP contribution in [0.15, 0.2) is 16.5 Å². The molecule has 0 radical (unpaired) electrons. The van der Waals surface area contributed by atoms with Crippen LogP contribution in [0.2, 0.25) is 0 Å². The van der Waals surface area contributed by atoms with E-state index in [2.05, 4.69) is 10.3 Å². The number of rotatable bonds is 2. The molecule has 2 aromatic rings. The van der Waals surface area contributed by atoms with Gasteiger partial charge < -0.3 is 15.5 Å². The molecular formula is C14H17N3O2. The molecule has 0 saturated carbocycles. The van der Waals surface area contributed by atoms with Crippen LogP contribution in [0.5, 0.6) is 0 Å². The lowest BCUT2D eigenvalue weighted by Gasteiger charge is -2.12. The highest BCUT2D eigenvalue weighted by molar-refractivity contribution is 6.04. The molecule has 0 bridgehead atoms. The highest BCUT2D eigenvalue weighted by atomic mass is 16.4. The van der Waals surface area contributed by atoms with Crippen LogP contribution in [0.3, 0.4) is 0 Å². The van der Waals surface area contributed by atoms with Crippen LogP contribution in [-0.4, -0.2) is 10.9 Å². The van der Waals surface area contributed by atoms with Gasteiger partial charge in [-0.2, -0.15) is 0 Å². The number of benzene rings is 1. The average Bonchev–Trinajstić information content (AvgIpc) is 2.69. The van der Waals surface area contributed by atoms with Crippen molar-refractivity contribution in [1.82, 2.24) is 4.98 Å². The summed E-state index contributed by atoms with van der Waals surface area (Å²) in [6.07, 6.45) is 0. The van der Waals surface area contributed by atoms with Gasteiger partial charge in [-0.1, -0.05) is 6.07 Å². The maximum Gasteiger partial charge on any atom is 0.293 e. The zero-order valence-corrected chi connectivity index (χ0v) is 11.5. The first-order valence-electron chi connectivity index (χ1n) is 6.01. The van der Waals surface area contributed by atoms with E-state index in [0.29, 0.717) is 17.3 Å². The van der Waals surface area contributed by atoms with Gasteiger partial charge >= 0.3 is 0 Å². The maximum atomic E-state index is 12.2. The Kier molecular flexibility index (Phi) is 3.29. The average molecular weight is 259 g/mol. The molecule has 5 nitrogen and oxygen atoms in total. The van der Waals surface area contributed by atoms with Crippen molar-refractivity contribution in [3.63, 3.8) is 0 Å². The monoisotopic (exact) mass is 259 g/mol. The van der Waals surface area contributed by atoms with E-state index < -0.39 is 0 Å². The molecule has 0 aliphatic rings.